The predicted molar refractivity (Wildman–Crippen MR) is 102 cm³/mol. The number of benzene rings is 1. The Balaban J connectivity index is 0.000000279. The van der Waals surface area contributed by atoms with Gasteiger partial charge in [-0.05, 0) is 55.3 Å². The van der Waals surface area contributed by atoms with Gasteiger partial charge in [0.25, 0.3) is 0 Å². The highest BCUT2D eigenvalue weighted by atomic mass is 19.1. The van der Waals surface area contributed by atoms with Crippen LogP contribution in [0.1, 0.15) is 55.6 Å². The van der Waals surface area contributed by atoms with Crippen molar-refractivity contribution >= 4 is 16.9 Å². The van der Waals surface area contributed by atoms with E-state index in [1.807, 2.05) is 6.92 Å². The van der Waals surface area contributed by atoms with Crippen LogP contribution in [0.15, 0.2) is 28.2 Å². The number of carbonyl (C=O) groups is 1. The van der Waals surface area contributed by atoms with Crippen molar-refractivity contribution in [1.82, 2.24) is 4.57 Å². The smallest absolute Gasteiger partial charge is 0.341 e. The molecule has 1 N–H and O–H groups in total. The molecule has 0 amide bonds. The third-order valence-electron chi connectivity index (χ3n) is 4.58. The summed E-state index contributed by atoms with van der Waals surface area (Å²) in [5.74, 6) is -1.14. The van der Waals surface area contributed by atoms with Crippen molar-refractivity contribution < 1.29 is 14.3 Å². The van der Waals surface area contributed by atoms with Gasteiger partial charge in [0.15, 0.2) is 0 Å². The van der Waals surface area contributed by atoms with Gasteiger partial charge in [0, 0.05) is 29.1 Å². The van der Waals surface area contributed by atoms with Gasteiger partial charge in [0.2, 0.25) is 5.43 Å². The minimum absolute atomic E-state index is 0.0964. The number of rotatable bonds is 4. The van der Waals surface area contributed by atoms with Crippen LogP contribution in [0, 0.1) is 11.7 Å². The van der Waals surface area contributed by atoms with E-state index in [4.69, 9.17) is 10.6 Å². The molecule has 0 radical (unpaired) electrons. The molecule has 1 atom stereocenters. The molecule has 1 aliphatic rings. The van der Waals surface area contributed by atoms with Crippen LogP contribution >= 0.6 is 0 Å². The van der Waals surface area contributed by atoms with Crippen molar-refractivity contribution in [1.29, 1.82) is 0 Å². The average molecular weight is 374 g/mol. The molecule has 1 unspecified atom stereocenters. The lowest BCUT2D eigenvalue weighted by Crippen LogP contribution is -2.24. The lowest BCUT2D eigenvalue weighted by molar-refractivity contribution is 0.0694. The maximum Gasteiger partial charge on any atom is 0.341 e. The Bertz CT molecular complexity index is 962. The number of nitrogens with zero attached hydrogens (tertiary/aromatic N) is 4. The highest BCUT2D eigenvalue weighted by Gasteiger charge is 2.23. The maximum absolute atomic E-state index is 13.6. The van der Waals surface area contributed by atoms with Crippen LogP contribution in [0.4, 0.5) is 4.39 Å². The number of aryl methyl sites for hydroxylation is 1. The van der Waals surface area contributed by atoms with Crippen molar-refractivity contribution in [3.63, 3.8) is 0 Å². The van der Waals surface area contributed by atoms with Crippen LogP contribution in [0.25, 0.3) is 21.3 Å². The topological polar surface area (TPSA) is 108 Å². The molecule has 144 valence electrons. The number of halogens is 1. The summed E-state index contributed by atoms with van der Waals surface area (Å²) in [7, 11) is 0. The Morgan fingerprint density at radius 3 is 2.78 bits per heavy atom. The van der Waals surface area contributed by atoms with Gasteiger partial charge in [0.1, 0.15) is 11.4 Å². The quantitative estimate of drug-likeness (QED) is 0.476. The molecule has 27 heavy (non-hydrogen) atoms. The number of aromatic carboxylic acids is 1. The van der Waals surface area contributed by atoms with Gasteiger partial charge in [-0.1, -0.05) is 19.0 Å². The highest BCUT2D eigenvalue weighted by Crippen LogP contribution is 2.30. The Kier molecular flexibility index (Phi) is 6.58. The highest BCUT2D eigenvalue weighted by molar-refractivity contribution is 5.93. The van der Waals surface area contributed by atoms with Gasteiger partial charge in [-0.2, -0.15) is 0 Å². The molecule has 2 aromatic rings. The van der Waals surface area contributed by atoms with E-state index in [1.54, 1.807) is 4.57 Å². The monoisotopic (exact) mass is 374 g/mol. The number of hydrogen-bond donors (Lipinski definition) is 1. The van der Waals surface area contributed by atoms with Crippen molar-refractivity contribution in [2.75, 3.05) is 6.54 Å². The number of hydrogen-bond acceptors (Lipinski definition) is 3. The van der Waals surface area contributed by atoms with Crippen molar-refractivity contribution in [3.05, 3.63) is 55.9 Å². The molecular weight excluding hydrogens is 351 g/mol. The fourth-order valence-electron chi connectivity index (χ4n) is 3.10. The van der Waals surface area contributed by atoms with Crippen LogP contribution in [0.5, 0.6) is 0 Å². The van der Waals surface area contributed by atoms with E-state index in [2.05, 4.69) is 23.9 Å². The number of aromatic nitrogens is 1. The Morgan fingerprint density at radius 1 is 1.48 bits per heavy atom. The average Bonchev–Trinajstić information content (AvgIpc) is 2.60. The number of pyridine rings is 1. The second-order valence-corrected chi connectivity index (χ2v) is 7.07. The number of carboxylic acids is 1. The molecule has 0 saturated heterocycles. The first-order chi connectivity index (χ1) is 12.8. The van der Waals surface area contributed by atoms with Crippen LogP contribution in [0.3, 0.4) is 0 Å². The van der Waals surface area contributed by atoms with Gasteiger partial charge in [-0.15, -0.1) is 0 Å². The molecule has 2 heterocycles. The largest absolute Gasteiger partial charge is 0.477 e. The molecule has 8 heteroatoms. The third kappa shape index (κ3) is 4.65. The molecule has 1 aromatic carbocycles. The summed E-state index contributed by atoms with van der Waals surface area (Å²) in [5, 5.41) is 12.6. The normalized spacial score (nSPS) is 15.1. The molecule has 0 bridgehead atoms. The van der Waals surface area contributed by atoms with E-state index in [9.17, 15) is 14.0 Å². The zero-order valence-electron chi connectivity index (χ0n) is 15.6. The molecule has 0 saturated carbocycles. The van der Waals surface area contributed by atoms with E-state index >= 15 is 0 Å². The summed E-state index contributed by atoms with van der Waals surface area (Å²) >= 11 is 0. The first-order valence-corrected chi connectivity index (χ1v) is 8.87. The lowest BCUT2D eigenvalue weighted by atomic mass is 9.96. The SMILES string of the molecule is CC(C)CCN=[N+]=[N-].CC1CCc2cc(F)cc3c(=O)c(C(=O)O)cn1c23. The molecule has 0 fully saturated rings. The molecule has 1 aromatic heterocycles. The Hall–Kier alpha value is -2.86. The van der Waals surface area contributed by atoms with Crippen LogP contribution in [-0.4, -0.2) is 22.2 Å². The van der Waals surface area contributed by atoms with Gasteiger partial charge in [-0.3, -0.25) is 4.79 Å². The van der Waals surface area contributed by atoms with Crippen molar-refractivity contribution in [3.8, 4) is 0 Å². The van der Waals surface area contributed by atoms with Crippen LogP contribution in [0.2, 0.25) is 0 Å². The van der Waals surface area contributed by atoms with Gasteiger partial charge < -0.3 is 9.67 Å². The van der Waals surface area contributed by atoms with E-state index in [0.29, 0.717) is 24.4 Å². The minimum atomic E-state index is -1.28. The fraction of sp³-hybridized carbons (Fsp3) is 0.474. The summed E-state index contributed by atoms with van der Waals surface area (Å²) in [5.41, 5.74) is 8.34. The first-order valence-electron chi connectivity index (χ1n) is 8.87. The maximum atomic E-state index is 13.6. The summed E-state index contributed by atoms with van der Waals surface area (Å²) in [4.78, 5) is 25.9. The molecule has 7 nitrogen and oxygen atoms in total. The predicted octanol–water partition coefficient (Wildman–Crippen LogP) is 4.69. The molecule has 0 aliphatic carbocycles. The summed E-state index contributed by atoms with van der Waals surface area (Å²) in [6.07, 6.45) is 3.86. The molecule has 3 rings (SSSR count). The van der Waals surface area contributed by atoms with Gasteiger partial charge in [-0.25, -0.2) is 9.18 Å². The van der Waals surface area contributed by atoms with Crippen molar-refractivity contribution in [2.45, 2.75) is 46.1 Å². The minimum Gasteiger partial charge on any atom is -0.477 e. The molecule has 1 aliphatic heterocycles. The zero-order valence-corrected chi connectivity index (χ0v) is 15.6. The Morgan fingerprint density at radius 2 is 2.19 bits per heavy atom. The van der Waals surface area contributed by atoms with Crippen LogP contribution < -0.4 is 5.43 Å². The standard InChI is InChI=1S/C14H12FNO3.C5H11N3/c1-7-2-3-8-4-9(15)5-10-12(8)16(7)6-11(13(10)17)14(18)19;1-5(2)3-4-7-8-6/h4-7H,2-3H2,1H3,(H,18,19);5H,3-4H2,1-2H3. The van der Waals surface area contributed by atoms with Crippen LogP contribution in [-0.2, 0) is 6.42 Å². The number of carboxylic acid groups (broad SMARTS) is 1. The fourth-order valence-corrected chi connectivity index (χ4v) is 3.10. The zero-order chi connectivity index (χ0) is 20.1. The van der Waals surface area contributed by atoms with E-state index in [0.717, 1.165) is 24.5 Å². The van der Waals surface area contributed by atoms with E-state index < -0.39 is 17.2 Å². The second kappa shape index (κ2) is 8.68. The van der Waals surface area contributed by atoms with Gasteiger partial charge in [0.05, 0.1) is 5.52 Å². The lowest BCUT2D eigenvalue weighted by Gasteiger charge is -2.26. The summed E-state index contributed by atoms with van der Waals surface area (Å²) in [6, 6.07) is 2.64. The summed E-state index contributed by atoms with van der Waals surface area (Å²) in [6.45, 7) is 6.80. The second-order valence-electron chi connectivity index (χ2n) is 7.07. The number of azide groups is 1. The first kappa shape index (κ1) is 20.5. The summed E-state index contributed by atoms with van der Waals surface area (Å²) < 4.78 is 15.3. The van der Waals surface area contributed by atoms with Gasteiger partial charge >= 0.3 is 5.97 Å². The van der Waals surface area contributed by atoms with Crippen molar-refractivity contribution in [2.24, 2.45) is 11.0 Å². The third-order valence-corrected chi connectivity index (χ3v) is 4.58. The molecule has 0 spiro atoms. The Labute approximate surface area is 156 Å². The van der Waals surface area contributed by atoms with E-state index in [-0.39, 0.29) is 17.0 Å². The van der Waals surface area contributed by atoms with E-state index in [1.165, 1.54) is 12.3 Å². The molecular formula is C19H23FN4O3.